The highest BCUT2D eigenvalue weighted by molar-refractivity contribution is 9.10. The lowest BCUT2D eigenvalue weighted by atomic mass is 10.2. The first-order chi connectivity index (χ1) is 8.72. The number of amides is 1. The van der Waals surface area contributed by atoms with Crippen LogP contribution in [-0.4, -0.2) is 25.5 Å². The van der Waals surface area contributed by atoms with Gasteiger partial charge in [0.1, 0.15) is 5.58 Å². The molecule has 1 heterocycles. The second-order valence-electron chi connectivity index (χ2n) is 3.88. The van der Waals surface area contributed by atoms with Gasteiger partial charge in [0.25, 0.3) is 5.91 Å². The number of carbonyl (C=O) groups excluding carboxylic acids is 1. The van der Waals surface area contributed by atoms with Crippen molar-refractivity contribution in [2.45, 2.75) is 6.92 Å². The van der Waals surface area contributed by atoms with Gasteiger partial charge in [-0.25, -0.2) is 0 Å². The van der Waals surface area contributed by atoms with E-state index in [9.17, 15) is 4.79 Å². The van der Waals surface area contributed by atoms with E-state index < -0.39 is 0 Å². The number of likely N-dealkylation sites (N-methyl/N-ethyl adjacent to an activating group) is 1. The molecule has 0 aliphatic heterocycles. The van der Waals surface area contributed by atoms with Gasteiger partial charge in [0.15, 0.2) is 5.76 Å². The van der Waals surface area contributed by atoms with Gasteiger partial charge in [0, 0.05) is 18.5 Å². The van der Waals surface area contributed by atoms with Crippen LogP contribution in [0.1, 0.15) is 17.5 Å². The molecule has 0 unspecified atom stereocenters. The molecular weight excluding hydrogens is 296 g/mol. The van der Waals surface area contributed by atoms with Gasteiger partial charge in [-0.2, -0.15) is 0 Å². The lowest BCUT2D eigenvalue weighted by Gasteiger charge is -2.02. The molecule has 2 rings (SSSR count). The van der Waals surface area contributed by atoms with Crippen LogP contribution < -0.4 is 10.6 Å². The Morgan fingerprint density at radius 2 is 2.22 bits per heavy atom. The third kappa shape index (κ3) is 2.91. The topological polar surface area (TPSA) is 54.3 Å². The summed E-state index contributed by atoms with van der Waals surface area (Å²) < 4.78 is 6.39. The summed E-state index contributed by atoms with van der Waals surface area (Å²) >= 11 is 3.40. The molecule has 2 N–H and O–H groups in total. The molecule has 96 valence electrons. The van der Waals surface area contributed by atoms with E-state index >= 15 is 0 Å². The molecule has 0 radical (unpaired) electrons. The standard InChI is InChI=1S/C13H15BrN2O2/c1-2-15-6-7-16-13(17)11-8-9-4-3-5-10(14)12(9)18-11/h3-5,8,15H,2,6-7H2,1H3,(H,16,17). The van der Waals surface area contributed by atoms with E-state index in [1.807, 2.05) is 25.1 Å². The van der Waals surface area contributed by atoms with Crippen molar-refractivity contribution in [2.24, 2.45) is 0 Å². The summed E-state index contributed by atoms with van der Waals surface area (Å²) in [6.45, 7) is 4.27. The number of furan rings is 1. The van der Waals surface area contributed by atoms with Crippen LogP contribution in [0.3, 0.4) is 0 Å². The second kappa shape index (κ2) is 6.02. The van der Waals surface area contributed by atoms with Crippen molar-refractivity contribution in [3.05, 3.63) is 34.5 Å². The summed E-state index contributed by atoms with van der Waals surface area (Å²) in [6, 6.07) is 7.47. The highest BCUT2D eigenvalue weighted by Gasteiger charge is 2.12. The van der Waals surface area contributed by atoms with Crippen LogP contribution in [-0.2, 0) is 0 Å². The molecule has 1 amide bonds. The molecule has 0 saturated carbocycles. The van der Waals surface area contributed by atoms with E-state index in [2.05, 4.69) is 26.6 Å². The fourth-order valence-electron chi connectivity index (χ4n) is 1.67. The van der Waals surface area contributed by atoms with Gasteiger partial charge in [0.05, 0.1) is 4.47 Å². The number of nitrogens with one attached hydrogen (secondary N) is 2. The van der Waals surface area contributed by atoms with Gasteiger partial charge in [-0.1, -0.05) is 19.1 Å². The Balaban J connectivity index is 2.06. The van der Waals surface area contributed by atoms with Crippen molar-refractivity contribution in [1.29, 1.82) is 0 Å². The second-order valence-corrected chi connectivity index (χ2v) is 4.73. The molecule has 1 aromatic carbocycles. The summed E-state index contributed by atoms with van der Waals surface area (Å²) in [6.07, 6.45) is 0. The van der Waals surface area contributed by atoms with E-state index in [1.165, 1.54) is 0 Å². The zero-order chi connectivity index (χ0) is 13.0. The van der Waals surface area contributed by atoms with Crippen LogP contribution in [0.4, 0.5) is 0 Å². The summed E-state index contributed by atoms with van der Waals surface area (Å²) in [7, 11) is 0. The van der Waals surface area contributed by atoms with Crippen LogP contribution in [0.15, 0.2) is 33.2 Å². The molecular formula is C13H15BrN2O2. The minimum atomic E-state index is -0.184. The lowest BCUT2D eigenvalue weighted by Crippen LogP contribution is -2.31. The number of para-hydroxylation sites is 1. The van der Waals surface area contributed by atoms with E-state index in [0.717, 1.165) is 22.9 Å². The quantitative estimate of drug-likeness (QED) is 0.834. The Hall–Kier alpha value is -1.33. The van der Waals surface area contributed by atoms with Crippen molar-refractivity contribution < 1.29 is 9.21 Å². The molecule has 0 aliphatic rings. The first-order valence-corrected chi connectivity index (χ1v) is 6.68. The maximum atomic E-state index is 11.8. The normalized spacial score (nSPS) is 10.8. The van der Waals surface area contributed by atoms with Crippen LogP contribution in [0.5, 0.6) is 0 Å². The summed E-state index contributed by atoms with van der Waals surface area (Å²) in [5, 5.41) is 6.86. The minimum Gasteiger partial charge on any atom is -0.450 e. The summed E-state index contributed by atoms with van der Waals surface area (Å²) in [5.74, 6) is 0.157. The van der Waals surface area contributed by atoms with Crippen molar-refractivity contribution in [1.82, 2.24) is 10.6 Å². The third-order valence-electron chi connectivity index (χ3n) is 2.56. The maximum absolute atomic E-state index is 11.8. The molecule has 18 heavy (non-hydrogen) atoms. The number of fused-ring (bicyclic) bond motifs is 1. The summed E-state index contributed by atoms with van der Waals surface area (Å²) in [5.41, 5.74) is 0.703. The first-order valence-electron chi connectivity index (χ1n) is 5.89. The van der Waals surface area contributed by atoms with E-state index in [1.54, 1.807) is 6.07 Å². The maximum Gasteiger partial charge on any atom is 0.287 e. The molecule has 0 bridgehead atoms. The number of benzene rings is 1. The Labute approximate surface area is 114 Å². The van der Waals surface area contributed by atoms with Gasteiger partial charge in [-0.05, 0) is 34.6 Å². The Kier molecular flexibility index (Phi) is 4.38. The molecule has 5 heteroatoms. The Morgan fingerprint density at radius 3 is 2.94 bits per heavy atom. The molecule has 4 nitrogen and oxygen atoms in total. The number of halogens is 1. The number of carbonyl (C=O) groups is 1. The van der Waals surface area contributed by atoms with Gasteiger partial charge in [-0.3, -0.25) is 4.79 Å². The monoisotopic (exact) mass is 310 g/mol. The molecule has 1 aromatic heterocycles. The van der Waals surface area contributed by atoms with E-state index in [0.29, 0.717) is 17.9 Å². The average Bonchev–Trinajstić information content (AvgIpc) is 2.80. The number of hydrogen-bond donors (Lipinski definition) is 2. The van der Waals surface area contributed by atoms with E-state index in [4.69, 9.17) is 4.42 Å². The highest BCUT2D eigenvalue weighted by Crippen LogP contribution is 2.26. The van der Waals surface area contributed by atoms with Crippen LogP contribution in [0, 0.1) is 0 Å². The summed E-state index contributed by atoms with van der Waals surface area (Å²) in [4.78, 5) is 11.8. The fraction of sp³-hybridized carbons (Fsp3) is 0.308. The average molecular weight is 311 g/mol. The van der Waals surface area contributed by atoms with Crippen LogP contribution in [0.25, 0.3) is 11.0 Å². The zero-order valence-electron chi connectivity index (χ0n) is 10.1. The van der Waals surface area contributed by atoms with Gasteiger partial charge < -0.3 is 15.1 Å². The molecule has 0 spiro atoms. The Morgan fingerprint density at radius 1 is 1.39 bits per heavy atom. The van der Waals surface area contributed by atoms with Gasteiger partial charge >= 0.3 is 0 Å². The largest absolute Gasteiger partial charge is 0.450 e. The number of rotatable bonds is 5. The molecule has 0 fully saturated rings. The highest BCUT2D eigenvalue weighted by atomic mass is 79.9. The SMILES string of the molecule is CCNCCNC(=O)c1cc2cccc(Br)c2o1. The molecule has 0 saturated heterocycles. The molecule has 2 aromatic rings. The van der Waals surface area contributed by atoms with Crippen LogP contribution >= 0.6 is 15.9 Å². The van der Waals surface area contributed by atoms with Crippen molar-refractivity contribution in [3.63, 3.8) is 0 Å². The van der Waals surface area contributed by atoms with Crippen LogP contribution in [0.2, 0.25) is 0 Å². The fourth-order valence-corrected chi connectivity index (χ4v) is 2.13. The number of hydrogen-bond acceptors (Lipinski definition) is 3. The van der Waals surface area contributed by atoms with Crippen molar-refractivity contribution in [3.8, 4) is 0 Å². The minimum absolute atomic E-state index is 0.184. The molecule has 0 aliphatic carbocycles. The zero-order valence-corrected chi connectivity index (χ0v) is 11.7. The van der Waals surface area contributed by atoms with Crippen molar-refractivity contribution >= 4 is 32.8 Å². The van der Waals surface area contributed by atoms with Gasteiger partial charge in [0.2, 0.25) is 0 Å². The van der Waals surface area contributed by atoms with Crippen molar-refractivity contribution in [2.75, 3.05) is 19.6 Å². The van der Waals surface area contributed by atoms with E-state index in [-0.39, 0.29) is 5.91 Å². The first kappa shape index (κ1) is 13.1. The predicted molar refractivity (Wildman–Crippen MR) is 74.8 cm³/mol. The lowest BCUT2D eigenvalue weighted by molar-refractivity contribution is 0.0928. The Bertz CT molecular complexity index is 551. The molecule has 0 atom stereocenters. The third-order valence-corrected chi connectivity index (χ3v) is 3.18. The van der Waals surface area contributed by atoms with Gasteiger partial charge in [-0.15, -0.1) is 0 Å². The smallest absolute Gasteiger partial charge is 0.287 e. The predicted octanol–water partition coefficient (Wildman–Crippen LogP) is 2.53.